The Labute approximate surface area is 194 Å². The van der Waals surface area contributed by atoms with Crippen LogP contribution in [0.4, 0.5) is 5.69 Å². The Morgan fingerprint density at radius 2 is 1.91 bits per heavy atom. The molecule has 0 unspecified atom stereocenters. The van der Waals surface area contributed by atoms with E-state index in [1.165, 1.54) is 0 Å². The van der Waals surface area contributed by atoms with Crippen LogP contribution in [0, 0.1) is 0 Å². The number of rotatable bonds is 7. The molecule has 32 heavy (non-hydrogen) atoms. The highest BCUT2D eigenvalue weighted by atomic mass is 79.9. The number of fused-ring (bicyclic) bond motifs is 1. The molecule has 0 aliphatic carbocycles. The van der Waals surface area contributed by atoms with Crippen LogP contribution >= 0.6 is 15.9 Å². The number of benzene rings is 2. The predicted octanol–water partition coefficient (Wildman–Crippen LogP) is 5.21. The lowest BCUT2D eigenvalue weighted by Gasteiger charge is -2.17. The molecule has 1 aliphatic heterocycles. The number of halogens is 1. The van der Waals surface area contributed by atoms with Gasteiger partial charge in [-0.15, -0.1) is 10.2 Å². The Morgan fingerprint density at radius 1 is 1.16 bits per heavy atom. The van der Waals surface area contributed by atoms with Crippen LogP contribution < -0.4 is 0 Å². The third kappa shape index (κ3) is 5.05. The zero-order valence-corrected chi connectivity index (χ0v) is 19.3. The van der Waals surface area contributed by atoms with E-state index in [4.69, 9.17) is 4.84 Å². The van der Waals surface area contributed by atoms with Crippen LogP contribution in [-0.2, 0) is 16.3 Å². The number of oxime groups is 1. The lowest BCUT2D eigenvalue weighted by atomic mass is 10.1. The van der Waals surface area contributed by atoms with Crippen LogP contribution in [0.15, 0.2) is 68.4 Å². The lowest BCUT2D eigenvalue weighted by Crippen LogP contribution is -2.22. The van der Waals surface area contributed by atoms with E-state index in [1.54, 1.807) is 11.5 Å². The Hall–Kier alpha value is -3.04. The van der Waals surface area contributed by atoms with Gasteiger partial charge in [0, 0.05) is 9.86 Å². The third-order valence-electron chi connectivity index (χ3n) is 5.35. The van der Waals surface area contributed by atoms with Gasteiger partial charge in [0.15, 0.2) is 12.3 Å². The van der Waals surface area contributed by atoms with Crippen molar-refractivity contribution in [1.82, 2.24) is 9.47 Å². The predicted molar refractivity (Wildman–Crippen MR) is 126 cm³/mol. The van der Waals surface area contributed by atoms with Gasteiger partial charge in [-0.05, 0) is 56.6 Å². The summed E-state index contributed by atoms with van der Waals surface area (Å²) in [4.78, 5) is 19.6. The van der Waals surface area contributed by atoms with Crippen LogP contribution in [0.3, 0.4) is 0 Å². The molecule has 1 fully saturated rings. The number of hydrogen-bond donors (Lipinski definition) is 1. The molecular formula is C23H24BrN5O3. The molecule has 8 nitrogen and oxygen atoms in total. The van der Waals surface area contributed by atoms with Crippen molar-refractivity contribution in [2.75, 3.05) is 19.7 Å². The fraction of sp³-hybridized carbons (Fsp3) is 0.304. The maximum Gasteiger partial charge on any atom is 0.304 e. The summed E-state index contributed by atoms with van der Waals surface area (Å²) in [5.41, 5.74) is 2.65. The first-order chi connectivity index (χ1) is 15.5. The monoisotopic (exact) mass is 497 g/mol. The Kier molecular flexibility index (Phi) is 6.96. The molecule has 1 saturated heterocycles. The summed E-state index contributed by atoms with van der Waals surface area (Å²) in [5.74, 6) is -0.607. The zero-order valence-electron chi connectivity index (χ0n) is 17.7. The van der Waals surface area contributed by atoms with Crippen molar-refractivity contribution in [2.45, 2.75) is 26.4 Å². The van der Waals surface area contributed by atoms with Crippen LogP contribution in [0.5, 0.6) is 5.88 Å². The van der Waals surface area contributed by atoms with Gasteiger partial charge in [-0.25, -0.2) is 0 Å². The quantitative estimate of drug-likeness (QED) is 0.275. The van der Waals surface area contributed by atoms with Gasteiger partial charge < -0.3 is 9.94 Å². The van der Waals surface area contributed by atoms with Gasteiger partial charge in [0.2, 0.25) is 5.88 Å². The van der Waals surface area contributed by atoms with Gasteiger partial charge in [0.1, 0.15) is 0 Å². The van der Waals surface area contributed by atoms with Crippen molar-refractivity contribution >= 4 is 44.1 Å². The van der Waals surface area contributed by atoms with E-state index in [2.05, 4.69) is 36.2 Å². The average molecular weight is 498 g/mol. The standard InChI is InChI=1S/C23H24BrN5O3/c1-16(17-7-3-2-4-8-17)27-32-14-21(30)25-26-22-19-13-18(24)9-10-20(19)29(23(22)31)15-28-11-5-6-12-28/h2-4,7-10,13,31H,5-6,11-12,14-15H2,1H3/b26-25?,27-16-. The van der Waals surface area contributed by atoms with Crippen LogP contribution in [0.1, 0.15) is 25.3 Å². The number of carbonyl (C=O) groups is 1. The molecule has 3 aromatic rings. The summed E-state index contributed by atoms with van der Waals surface area (Å²) in [5, 5.41) is 23.3. The molecule has 166 valence electrons. The van der Waals surface area contributed by atoms with E-state index in [1.807, 2.05) is 48.5 Å². The van der Waals surface area contributed by atoms with Gasteiger partial charge in [-0.3, -0.25) is 14.3 Å². The molecule has 2 heterocycles. The number of amides is 1. The maximum atomic E-state index is 12.2. The second-order valence-electron chi connectivity index (χ2n) is 7.64. The number of carbonyl (C=O) groups excluding carboxylic acids is 1. The number of likely N-dealkylation sites (tertiary alicyclic amines) is 1. The topological polar surface area (TPSA) is 91.8 Å². The Balaban J connectivity index is 1.49. The van der Waals surface area contributed by atoms with Crippen molar-refractivity contribution in [1.29, 1.82) is 0 Å². The highest BCUT2D eigenvalue weighted by Crippen LogP contribution is 2.40. The zero-order chi connectivity index (χ0) is 22.5. The van der Waals surface area contributed by atoms with Crippen molar-refractivity contribution in [2.24, 2.45) is 15.4 Å². The van der Waals surface area contributed by atoms with Crippen molar-refractivity contribution in [3.05, 3.63) is 58.6 Å². The molecule has 0 saturated carbocycles. The average Bonchev–Trinajstić information content (AvgIpc) is 3.40. The number of hydrogen-bond acceptors (Lipinski definition) is 6. The van der Waals surface area contributed by atoms with E-state index in [-0.39, 0.29) is 18.2 Å². The first-order valence-corrected chi connectivity index (χ1v) is 11.2. The largest absolute Gasteiger partial charge is 0.493 e. The molecule has 9 heteroatoms. The fourth-order valence-corrected chi connectivity index (χ4v) is 4.07. The molecule has 1 aliphatic rings. The summed E-state index contributed by atoms with van der Waals surface area (Å²) in [6.45, 7) is 4.00. The number of aromatic nitrogens is 1. The van der Waals surface area contributed by atoms with Gasteiger partial charge in [-0.2, -0.15) is 0 Å². The van der Waals surface area contributed by atoms with Crippen LogP contribution in [-0.4, -0.2) is 45.9 Å². The Morgan fingerprint density at radius 3 is 2.66 bits per heavy atom. The van der Waals surface area contributed by atoms with E-state index in [0.717, 1.165) is 41.5 Å². The van der Waals surface area contributed by atoms with E-state index >= 15 is 0 Å². The molecule has 4 rings (SSSR count). The van der Waals surface area contributed by atoms with Gasteiger partial charge >= 0.3 is 5.91 Å². The number of aromatic hydroxyl groups is 1. The number of nitrogens with zero attached hydrogens (tertiary/aromatic N) is 5. The minimum Gasteiger partial charge on any atom is -0.493 e. The highest BCUT2D eigenvalue weighted by molar-refractivity contribution is 9.10. The highest BCUT2D eigenvalue weighted by Gasteiger charge is 2.20. The first-order valence-electron chi connectivity index (χ1n) is 10.4. The second kappa shape index (κ2) is 10.1. The minimum atomic E-state index is -0.593. The molecule has 1 N–H and O–H groups in total. The van der Waals surface area contributed by atoms with Gasteiger partial charge in [0.05, 0.1) is 17.9 Å². The Bertz CT molecular complexity index is 1170. The maximum absolute atomic E-state index is 12.2. The number of azo groups is 1. The van der Waals surface area contributed by atoms with Crippen LogP contribution in [0.25, 0.3) is 10.9 Å². The molecular weight excluding hydrogens is 474 g/mol. The minimum absolute atomic E-state index is 0.0135. The molecule has 0 bridgehead atoms. The summed E-state index contributed by atoms with van der Waals surface area (Å²) in [6, 6.07) is 15.2. The van der Waals surface area contributed by atoms with Crippen molar-refractivity contribution in [3.8, 4) is 5.88 Å². The summed E-state index contributed by atoms with van der Waals surface area (Å²) < 4.78 is 2.65. The van der Waals surface area contributed by atoms with Gasteiger partial charge in [0.25, 0.3) is 0 Å². The summed E-state index contributed by atoms with van der Waals surface area (Å²) >= 11 is 3.46. The normalized spacial score (nSPS) is 15.1. The van der Waals surface area contributed by atoms with Crippen molar-refractivity contribution in [3.63, 3.8) is 0 Å². The molecule has 1 aromatic heterocycles. The van der Waals surface area contributed by atoms with Gasteiger partial charge in [-0.1, -0.05) is 51.4 Å². The lowest BCUT2D eigenvalue weighted by molar-refractivity contribution is -0.122. The summed E-state index contributed by atoms with van der Waals surface area (Å²) in [6.07, 6.45) is 2.30. The SMILES string of the molecule is C/C(=N/OCC(=O)N=Nc1c(O)n(CN2CCCC2)c2ccc(Br)cc12)c1ccccc1. The molecule has 0 atom stereocenters. The molecule has 0 radical (unpaired) electrons. The third-order valence-corrected chi connectivity index (χ3v) is 5.85. The van der Waals surface area contributed by atoms with Crippen molar-refractivity contribution < 1.29 is 14.7 Å². The van der Waals surface area contributed by atoms with Crippen LogP contribution in [0.2, 0.25) is 0 Å². The first kappa shape index (κ1) is 22.2. The van der Waals surface area contributed by atoms with E-state index in [0.29, 0.717) is 17.8 Å². The molecule has 2 aromatic carbocycles. The van der Waals surface area contributed by atoms with E-state index < -0.39 is 5.91 Å². The fourth-order valence-electron chi connectivity index (χ4n) is 3.71. The smallest absolute Gasteiger partial charge is 0.304 e. The summed E-state index contributed by atoms with van der Waals surface area (Å²) in [7, 11) is 0. The van der Waals surface area contributed by atoms with E-state index in [9.17, 15) is 9.90 Å². The second-order valence-corrected chi connectivity index (χ2v) is 8.55. The molecule has 1 amide bonds. The molecule has 0 spiro atoms.